The number of hydrogen-bond acceptors (Lipinski definition) is 6. The zero-order chi connectivity index (χ0) is 18.7. The van der Waals surface area contributed by atoms with Gasteiger partial charge in [0.15, 0.2) is 0 Å². The minimum absolute atomic E-state index is 0.0147. The molecule has 0 bridgehead atoms. The molecule has 7 heteroatoms. The highest BCUT2D eigenvalue weighted by Gasteiger charge is 2.34. The van der Waals surface area contributed by atoms with Crippen molar-refractivity contribution in [3.05, 3.63) is 59.2 Å². The molecule has 1 heterocycles. The molecule has 0 aliphatic carbocycles. The second-order valence-electron chi connectivity index (χ2n) is 5.54. The van der Waals surface area contributed by atoms with E-state index in [-0.39, 0.29) is 30.5 Å². The van der Waals surface area contributed by atoms with Crippen molar-refractivity contribution >= 4 is 17.8 Å². The van der Waals surface area contributed by atoms with Gasteiger partial charge < -0.3 is 14.2 Å². The molecule has 0 unspecified atom stereocenters. The first kappa shape index (κ1) is 17.5. The average molecular weight is 355 g/mol. The first-order valence-corrected chi connectivity index (χ1v) is 7.90. The molecule has 0 radical (unpaired) electrons. The van der Waals surface area contributed by atoms with Crippen LogP contribution in [0.15, 0.2) is 42.5 Å². The van der Waals surface area contributed by atoms with Crippen molar-refractivity contribution in [2.75, 3.05) is 27.4 Å². The number of nitrogens with zero attached hydrogens (tertiary/aromatic N) is 1. The first-order valence-electron chi connectivity index (χ1n) is 7.90. The van der Waals surface area contributed by atoms with Crippen LogP contribution in [-0.4, -0.2) is 50.1 Å². The van der Waals surface area contributed by atoms with E-state index in [2.05, 4.69) is 0 Å². The molecule has 0 N–H and O–H groups in total. The highest BCUT2D eigenvalue weighted by atomic mass is 16.5. The Morgan fingerprint density at radius 1 is 0.923 bits per heavy atom. The highest BCUT2D eigenvalue weighted by molar-refractivity contribution is 6.21. The third-order valence-corrected chi connectivity index (χ3v) is 4.01. The third kappa shape index (κ3) is 3.23. The van der Waals surface area contributed by atoms with Gasteiger partial charge in [0.2, 0.25) is 0 Å². The van der Waals surface area contributed by atoms with Crippen LogP contribution in [0.5, 0.6) is 11.5 Å². The average Bonchev–Trinajstić information content (AvgIpc) is 2.92. The van der Waals surface area contributed by atoms with Gasteiger partial charge in [-0.05, 0) is 24.3 Å². The van der Waals surface area contributed by atoms with Crippen molar-refractivity contribution in [3.8, 4) is 11.5 Å². The number of imide groups is 1. The molecule has 3 rings (SSSR count). The van der Waals surface area contributed by atoms with Crippen LogP contribution in [0, 0.1) is 0 Å². The molecule has 0 spiro atoms. The predicted octanol–water partition coefficient (Wildman–Crippen LogP) is 2.16. The van der Waals surface area contributed by atoms with Gasteiger partial charge in [-0.25, -0.2) is 4.79 Å². The van der Waals surface area contributed by atoms with E-state index < -0.39 is 5.97 Å². The van der Waals surface area contributed by atoms with Gasteiger partial charge in [0.05, 0.1) is 37.5 Å². The minimum Gasteiger partial charge on any atom is -0.497 e. The molecule has 0 atom stereocenters. The van der Waals surface area contributed by atoms with Gasteiger partial charge in [0, 0.05) is 6.07 Å². The van der Waals surface area contributed by atoms with Crippen molar-refractivity contribution in [2.24, 2.45) is 0 Å². The number of amides is 2. The van der Waals surface area contributed by atoms with Crippen molar-refractivity contribution in [1.29, 1.82) is 0 Å². The van der Waals surface area contributed by atoms with Gasteiger partial charge in [-0.3, -0.25) is 14.5 Å². The molecule has 2 amide bonds. The van der Waals surface area contributed by atoms with E-state index in [1.165, 1.54) is 26.4 Å². The summed E-state index contributed by atoms with van der Waals surface area (Å²) in [4.78, 5) is 37.8. The number of fused-ring (bicyclic) bond motifs is 1. The predicted molar refractivity (Wildman–Crippen MR) is 91.6 cm³/mol. The van der Waals surface area contributed by atoms with Crippen LogP contribution >= 0.6 is 0 Å². The van der Waals surface area contributed by atoms with Crippen molar-refractivity contribution in [1.82, 2.24) is 4.90 Å². The number of esters is 1. The van der Waals surface area contributed by atoms with Crippen molar-refractivity contribution in [2.45, 2.75) is 0 Å². The summed E-state index contributed by atoms with van der Waals surface area (Å²) >= 11 is 0. The number of carbonyl (C=O) groups excluding carboxylic acids is 3. The number of hydrogen-bond donors (Lipinski definition) is 0. The van der Waals surface area contributed by atoms with E-state index in [9.17, 15) is 14.4 Å². The fraction of sp³-hybridized carbons (Fsp3) is 0.211. The monoisotopic (exact) mass is 355 g/mol. The zero-order valence-electron chi connectivity index (χ0n) is 14.4. The fourth-order valence-corrected chi connectivity index (χ4v) is 2.68. The molecule has 0 saturated heterocycles. The Morgan fingerprint density at radius 2 is 1.46 bits per heavy atom. The normalized spacial score (nSPS) is 12.8. The maximum Gasteiger partial charge on any atom is 0.338 e. The van der Waals surface area contributed by atoms with Crippen LogP contribution in [0.3, 0.4) is 0 Å². The van der Waals surface area contributed by atoms with E-state index in [1.807, 2.05) is 0 Å². The van der Waals surface area contributed by atoms with Crippen LogP contribution in [0.4, 0.5) is 0 Å². The van der Waals surface area contributed by atoms with Gasteiger partial charge >= 0.3 is 5.97 Å². The number of ether oxygens (including phenoxy) is 3. The summed E-state index contributed by atoms with van der Waals surface area (Å²) in [6.07, 6.45) is 0. The molecule has 26 heavy (non-hydrogen) atoms. The number of rotatable bonds is 6. The molecule has 2 aromatic carbocycles. The quantitative estimate of drug-likeness (QED) is 0.583. The molecule has 0 saturated carbocycles. The maximum atomic E-state index is 12.3. The lowest BCUT2D eigenvalue weighted by atomic mass is 10.1. The molecule has 2 aromatic rings. The molecule has 7 nitrogen and oxygen atoms in total. The molecule has 0 aromatic heterocycles. The van der Waals surface area contributed by atoms with E-state index in [0.29, 0.717) is 22.6 Å². The highest BCUT2D eigenvalue weighted by Crippen LogP contribution is 2.24. The van der Waals surface area contributed by atoms with Crippen molar-refractivity contribution in [3.63, 3.8) is 0 Å². The Hall–Kier alpha value is -3.35. The molecular weight excluding hydrogens is 338 g/mol. The summed E-state index contributed by atoms with van der Waals surface area (Å²) in [7, 11) is 2.96. The van der Waals surface area contributed by atoms with E-state index in [0.717, 1.165) is 4.90 Å². The zero-order valence-corrected chi connectivity index (χ0v) is 14.4. The van der Waals surface area contributed by atoms with E-state index in [4.69, 9.17) is 14.2 Å². The first-order chi connectivity index (χ1) is 12.5. The van der Waals surface area contributed by atoms with Gasteiger partial charge in [0.25, 0.3) is 11.8 Å². The Labute approximate surface area is 150 Å². The largest absolute Gasteiger partial charge is 0.497 e. The summed E-state index contributed by atoms with van der Waals surface area (Å²) in [5.41, 5.74) is 0.978. The van der Waals surface area contributed by atoms with Gasteiger partial charge in [-0.15, -0.1) is 0 Å². The van der Waals surface area contributed by atoms with Crippen LogP contribution in [-0.2, 0) is 4.74 Å². The Bertz CT molecular complexity index is 819. The molecule has 134 valence electrons. The number of benzene rings is 2. The SMILES string of the molecule is COc1cc(OC)cc(C(=O)OCCN2C(=O)c3ccccc3C2=O)c1. The lowest BCUT2D eigenvalue weighted by Gasteiger charge is -2.14. The summed E-state index contributed by atoms with van der Waals surface area (Å²) in [6.45, 7) is -0.122. The molecular formula is C19H17NO6. The fourth-order valence-electron chi connectivity index (χ4n) is 2.68. The van der Waals surface area contributed by atoms with E-state index in [1.54, 1.807) is 30.3 Å². The van der Waals surface area contributed by atoms with Crippen LogP contribution in [0.2, 0.25) is 0 Å². The summed E-state index contributed by atoms with van der Waals surface area (Å²) in [5.74, 6) is -0.457. The Balaban J connectivity index is 1.63. The van der Waals surface area contributed by atoms with Crippen LogP contribution < -0.4 is 9.47 Å². The van der Waals surface area contributed by atoms with Crippen LogP contribution in [0.25, 0.3) is 0 Å². The number of methoxy groups -OCH3 is 2. The van der Waals surface area contributed by atoms with Gasteiger partial charge in [-0.1, -0.05) is 12.1 Å². The van der Waals surface area contributed by atoms with Crippen LogP contribution in [0.1, 0.15) is 31.1 Å². The second-order valence-corrected chi connectivity index (χ2v) is 5.54. The molecule has 1 aliphatic rings. The van der Waals surface area contributed by atoms with Gasteiger partial charge in [0.1, 0.15) is 18.1 Å². The summed E-state index contributed by atoms with van der Waals surface area (Å²) in [6, 6.07) is 11.3. The molecule has 0 fully saturated rings. The van der Waals surface area contributed by atoms with Crippen molar-refractivity contribution < 1.29 is 28.6 Å². The minimum atomic E-state index is -0.598. The Morgan fingerprint density at radius 3 is 1.96 bits per heavy atom. The second kappa shape index (κ2) is 7.26. The smallest absolute Gasteiger partial charge is 0.338 e. The van der Waals surface area contributed by atoms with Gasteiger partial charge in [-0.2, -0.15) is 0 Å². The lowest BCUT2D eigenvalue weighted by molar-refractivity contribution is 0.0420. The summed E-state index contributed by atoms with van der Waals surface area (Å²) < 4.78 is 15.4. The van der Waals surface area contributed by atoms with E-state index >= 15 is 0 Å². The molecule has 1 aliphatic heterocycles. The maximum absolute atomic E-state index is 12.3. The topological polar surface area (TPSA) is 82.1 Å². The number of carbonyl (C=O) groups is 3. The standard InChI is InChI=1S/C19H17NO6/c1-24-13-9-12(10-14(11-13)25-2)19(23)26-8-7-20-17(21)15-5-3-4-6-16(15)18(20)22/h3-6,9-11H,7-8H2,1-2H3. The third-order valence-electron chi connectivity index (χ3n) is 4.01. The lowest BCUT2D eigenvalue weighted by Crippen LogP contribution is -2.33. The summed E-state index contributed by atoms with van der Waals surface area (Å²) in [5, 5.41) is 0. The Kier molecular flexibility index (Phi) is 4.88.